The molecule has 13 heavy (non-hydrogen) atoms. The molecular formula is C11H14NO. The van der Waals surface area contributed by atoms with Crippen LogP contribution < -0.4 is 0 Å². The number of rotatable bonds is 2. The van der Waals surface area contributed by atoms with Gasteiger partial charge in [-0.15, -0.1) is 0 Å². The molecule has 0 N–H and O–H groups in total. The molecule has 0 saturated heterocycles. The molecule has 0 unspecified atom stereocenters. The third-order valence-corrected chi connectivity index (χ3v) is 1.27. The predicted octanol–water partition coefficient (Wildman–Crippen LogP) is 2.64. The summed E-state index contributed by atoms with van der Waals surface area (Å²) in [6.45, 7) is 5.88. The summed E-state index contributed by atoms with van der Waals surface area (Å²) in [7, 11) is 0. The fourth-order valence-corrected chi connectivity index (χ4v) is 0.731. The Balaban J connectivity index is 2.51. The van der Waals surface area contributed by atoms with Gasteiger partial charge in [0.2, 0.25) is 0 Å². The molecule has 1 aromatic carbocycles. The lowest BCUT2D eigenvalue weighted by molar-refractivity contribution is 0.00199. The molecule has 0 fully saturated rings. The van der Waals surface area contributed by atoms with Gasteiger partial charge in [-0.2, -0.15) is 0 Å². The normalized spacial score (nSPS) is 11.9. The van der Waals surface area contributed by atoms with Gasteiger partial charge in [-0.25, -0.2) is 0 Å². The molecule has 0 bridgehead atoms. The van der Waals surface area contributed by atoms with E-state index in [1.165, 1.54) is 0 Å². The molecule has 2 heteroatoms. The van der Waals surface area contributed by atoms with Gasteiger partial charge in [-0.1, -0.05) is 29.4 Å². The average Bonchev–Trinajstić information content (AvgIpc) is 2.04. The maximum absolute atomic E-state index is 5.19. The van der Waals surface area contributed by atoms with E-state index >= 15 is 0 Å². The zero-order chi connectivity index (χ0) is 9.73. The first kappa shape index (κ1) is 9.78. The van der Waals surface area contributed by atoms with E-state index in [0.717, 1.165) is 5.56 Å². The fourth-order valence-electron chi connectivity index (χ4n) is 0.731. The van der Waals surface area contributed by atoms with Crippen LogP contribution in [0.3, 0.4) is 0 Å². The Morgan fingerprint density at radius 2 is 1.92 bits per heavy atom. The monoisotopic (exact) mass is 176 g/mol. The Labute approximate surface area is 79.2 Å². The van der Waals surface area contributed by atoms with Gasteiger partial charge in [0.05, 0.1) is 6.21 Å². The van der Waals surface area contributed by atoms with Gasteiger partial charge in [0, 0.05) is 0 Å². The van der Waals surface area contributed by atoms with Crippen LogP contribution in [0.5, 0.6) is 0 Å². The molecule has 0 aliphatic heterocycles. The van der Waals surface area contributed by atoms with Crippen molar-refractivity contribution in [1.29, 1.82) is 0 Å². The number of hydrogen-bond acceptors (Lipinski definition) is 2. The second kappa shape index (κ2) is 4.08. The molecule has 0 atom stereocenters. The highest BCUT2D eigenvalue weighted by Gasteiger charge is 2.08. The zero-order valence-corrected chi connectivity index (χ0v) is 8.24. The van der Waals surface area contributed by atoms with Crippen molar-refractivity contribution in [2.75, 3.05) is 0 Å². The highest BCUT2D eigenvalue weighted by molar-refractivity contribution is 5.78. The molecule has 1 rings (SSSR count). The summed E-state index contributed by atoms with van der Waals surface area (Å²) in [5.74, 6) is 0. The summed E-state index contributed by atoms with van der Waals surface area (Å²) in [6, 6.07) is 10.5. The van der Waals surface area contributed by atoms with Crippen LogP contribution in [0.1, 0.15) is 26.3 Å². The summed E-state index contributed by atoms with van der Waals surface area (Å²) >= 11 is 0. The van der Waals surface area contributed by atoms with Crippen LogP contribution >= 0.6 is 0 Å². The van der Waals surface area contributed by atoms with Gasteiger partial charge in [0.25, 0.3) is 0 Å². The van der Waals surface area contributed by atoms with Crippen molar-refractivity contribution in [1.82, 2.24) is 0 Å². The first-order chi connectivity index (χ1) is 6.08. The largest absolute Gasteiger partial charge is 0.390 e. The molecule has 2 nitrogen and oxygen atoms in total. The molecule has 0 aromatic heterocycles. The van der Waals surface area contributed by atoms with Gasteiger partial charge in [0.15, 0.2) is 0 Å². The summed E-state index contributed by atoms with van der Waals surface area (Å²) in [5.41, 5.74) is 0.792. The lowest BCUT2D eigenvalue weighted by atomic mass is 10.2. The molecule has 0 spiro atoms. The van der Waals surface area contributed by atoms with E-state index in [1.54, 1.807) is 6.21 Å². The van der Waals surface area contributed by atoms with Gasteiger partial charge in [0.1, 0.15) is 5.60 Å². The second-order valence-corrected chi connectivity index (χ2v) is 3.77. The molecule has 69 valence electrons. The minimum Gasteiger partial charge on any atom is -0.390 e. The third-order valence-electron chi connectivity index (χ3n) is 1.27. The minimum atomic E-state index is -0.225. The Kier molecular flexibility index (Phi) is 3.07. The molecule has 0 aliphatic carbocycles. The fraction of sp³-hybridized carbons (Fsp3) is 0.364. The van der Waals surface area contributed by atoms with E-state index in [-0.39, 0.29) is 5.60 Å². The Hall–Kier alpha value is -1.31. The van der Waals surface area contributed by atoms with E-state index in [2.05, 4.69) is 11.2 Å². The van der Waals surface area contributed by atoms with Gasteiger partial charge in [-0.05, 0) is 32.4 Å². The molecular weight excluding hydrogens is 162 g/mol. The predicted molar refractivity (Wildman–Crippen MR) is 53.7 cm³/mol. The Morgan fingerprint density at radius 1 is 1.31 bits per heavy atom. The van der Waals surface area contributed by atoms with Gasteiger partial charge < -0.3 is 4.84 Å². The first-order valence-corrected chi connectivity index (χ1v) is 4.25. The molecule has 0 aliphatic rings. The second-order valence-electron chi connectivity index (χ2n) is 3.77. The van der Waals surface area contributed by atoms with Crippen LogP contribution in [-0.4, -0.2) is 11.8 Å². The summed E-state index contributed by atoms with van der Waals surface area (Å²) in [4.78, 5) is 5.19. The van der Waals surface area contributed by atoms with Gasteiger partial charge >= 0.3 is 0 Å². The summed E-state index contributed by atoms with van der Waals surface area (Å²) in [5, 5.41) is 3.87. The van der Waals surface area contributed by atoms with Crippen molar-refractivity contribution in [2.24, 2.45) is 5.16 Å². The Bertz CT molecular complexity index is 272. The van der Waals surface area contributed by atoms with E-state index in [1.807, 2.05) is 45.0 Å². The molecule has 0 saturated carbocycles. The lowest BCUT2D eigenvalue weighted by Gasteiger charge is -2.14. The molecule has 1 radical (unpaired) electrons. The third kappa shape index (κ3) is 4.31. The quantitative estimate of drug-likeness (QED) is 0.501. The van der Waals surface area contributed by atoms with Crippen LogP contribution in [0.2, 0.25) is 0 Å². The summed E-state index contributed by atoms with van der Waals surface area (Å²) in [6.07, 6.45) is 1.69. The van der Waals surface area contributed by atoms with Crippen LogP contribution in [0, 0.1) is 6.07 Å². The zero-order valence-electron chi connectivity index (χ0n) is 8.24. The average molecular weight is 176 g/mol. The number of hydrogen-bond donors (Lipinski definition) is 0. The highest BCUT2D eigenvalue weighted by atomic mass is 16.6. The van der Waals surface area contributed by atoms with Crippen LogP contribution in [-0.2, 0) is 4.84 Å². The van der Waals surface area contributed by atoms with Gasteiger partial charge in [-0.3, -0.25) is 0 Å². The highest BCUT2D eigenvalue weighted by Crippen LogP contribution is 2.06. The number of nitrogens with zero attached hydrogens (tertiary/aromatic N) is 1. The van der Waals surface area contributed by atoms with E-state index in [0.29, 0.717) is 0 Å². The topological polar surface area (TPSA) is 21.6 Å². The summed E-state index contributed by atoms with van der Waals surface area (Å²) < 4.78 is 0. The van der Waals surface area contributed by atoms with Crippen LogP contribution in [0.15, 0.2) is 29.4 Å². The first-order valence-electron chi connectivity index (χ1n) is 4.25. The van der Waals surface area contributed by atoms with Crippen molar-refractivity contribution in [2.45, 2.75) is 26.4 Å². The van der Waals surface area contributed by atoms with Crippen molar-refractivity contribution >= 4 is 6.21 Å². The standard InChI is InChI=1S/C11H14NO/c1-11(2,3)13-12-9-10-7-5-4-6-8-10/h5-9H,1-3H3. The molecule has 1 aromatic rings. The van der Waals surface area contributed by atoms with Crippen molar-refractivity contribution in [3.05, 3.63) is 35.9 Å². The lowest BCUT2D eigenvalue weighted by Crippen LogP contribution is -2.15. The van der Waals surface area contributed by atoms with Crippen LogP contribution in [0.25, 0.3) is 0 Å². The number of oxime groups is 1. The van der Waals surface area contributed by atoms with E-state index in [9.17, 15) is 0 Å². The molecule has 0 amide bonds. The number of benzene rings is 1. The van der Waals surface area contributed by atoms with Crippen molar-refractivity contribution < 1.29 is 4.84 Å². The van der Waals surface area contributed by atoms with Crippen molar-refractivity contribution in [3.63, 3.8) is 0 Å². The van der Waals surface area contributed by atoms with Crippen molar-refractivity contribution in [3.8, 4) is 0 Å². The maximum atomic E-state index is 5.19. The van der Waals surface area contributed by atoms with E-state index in [4.69, 9.17) is 4.84 Å². The molecule has 0 heterocycles. The maximum Gasteiger partial charge on any atom is 0.129 e. The smallest absolute Gasteiger partial charge is 0.129 e. The SMILES string of the molecule is CC(C)(C)ON=Cc1cc[c]cc1. The van der Waals surface area contributed by atoms with E-state index < -0.39 is 0 Å². The Morgan fingerprint density at radius 3 is 2.46 bits per heavy atom. The minimum absolute atomic E-state index is 0.225. The van der Waals surface area contributed by atoms with Crippen LogP contribution in [0.4, 0.5) is 0 Å².